The highest BCUT2D eigenvalue weighted by molar-refractivity contribution is 5.73. The van der Waals surface area contributed by atoms with Crippen molar-refractivity contribution in [3.05, 3.63) is 71.4 Å². The zero-order valence-electron chi connectivity index (χ0n) is 21.0. The average Bonchev–Trinajstić information content (AvgIpc) is 3.25. The van der Waals surface area contributed by atoms with E-state index in [0.29, 0.717) is 5.56 Å². The van der Waals surface area contributed by atoms with Gasteiger partial charge in [0, 0.05) is 56.4 Å². The standard InChI is InChI=1S/C28H32F2N4O3/c1-17(35)32-24(12-18-10-20(29)14-21(30)11-18)26(36)16-31-25-15-28(7-3-8-28)37-27-5-4-19(13-22(25)27)23-6-9-34(2)33-23/h4-6,9-11,13-14,24-26,31,36H,3,7-8,12,15-16H2,1-2H3,(H,32,35)/t24-,25-,26+/m0/s1. The predicted octanol–water partition coefficient (Wildman–Crippen LogP) is 3.81. The van der Waals surface area contributed by atoms with Gasteiger partial charge in [-0.15, -0.1) is 0 Å². The molecule has 0 bridgehead atoms. The van der Waals surface area contributed by atoms with Crippen LogP contribution in [0.3, 0.4) is 0 Å². The van der Waals surface area contributed by atoms with E-state index < -0.39 is 23.8 Å². The van der Waals surface area contributed by atoms with Gasteiger partial charge in [0.05, 0.1) is 17.8 Å². The number of carbonyl (C=O) groups is 1. The van der Waals surface area contributed by atoms with E-state index in [1.165, 1.54) is 19.1 Å². The fraction of sp³-hybridized carbons (Fsp3) is 0.429. The molecular formula is C28H32F2N4O3. The summed E-state index contributed by atoms with van der Waals surface area (Å²) in [6.45, 7) is 1.53. The Morgan fingerprint density at radius 2 is 1.97 bits per heavy atom. The Morgan fingerprint density at radius 1 is 1.22 bits per heavy atom. The zero-order chi connectivity index (χ0) is 26.2. The van der Waals surface area contributed by atoms with Crippen LogP contribution < -0.4 is 15.4 Å². The summed E-state index contributed by atoms with van der Waals surface area (Å²) in [5, 5.41) is 21.8. The van der Waals surface area contributed by atoms with Gasteiger partial charge in [-0.3, -0.25) is 9.48 Å². The molecule has 0 saturated heterocycles. The largest absolute Gasteiger partial charge is 0.487 e. The third kappa shape index (κ3) is 5.67. The Bertz CT molecular complexity index is 1270. The summed E-state index contributed by atoms with van der Waals surface area (Å²) in [4.78, 5) is 11.8. The Morgan fingerprint density at radius 3 is 2.59 bits per heavy atom. The van der Waals surface area contributed by atoms with Gasteiger partial charge in [0.15, 0.2) is 0 Å². The number of amides is 1. The average molecular weight is 511 g/mol. The first-order valence-electron chi connectivity index (χ1n) is 12.7. The van der Waals surface area contributed by atoms with Crippen LogP contribution in [0.25, 0.3) is 11.3 Å². The number of carbonyl (C=O) groups excluding carboxylic acids is 1. The molecule has 1 aliphatic carbocycles. The van der Waals surface area contributed by atoms with E-state index in [1.54, 1.807) is 4.68 Å². The maximum atomic E-state index is 13.7. The molecule has 1 aliphatic heterocycles. The van der Waals surface area contributed by atoms with E-state index in [4.69, 9.17) is 4.74 Å². The number of ether oxygens (including phenoxy) is 1. The number of hydrogen-bond acceptors (Lipinski definition) is 5. The normalized spacial score (nSPS) is 19.4. The maximum Gasteiger partial charge on any atom is 0.217 e. The Labute approximate surface area is 214 Å². The lowest BCUT2D eigenvalue weighted by Gasteiger charge is -2.48. The number of nitrogens with one attached hydrogen (secondary N) is 2. The number of benzene rings is 2. The number of rotatable bonds is 8. The van der Waals surface area contributed by atoms with Crippen LogP contribution in [-0.2, 0) is 18.3 Å². The lowest BCUT2D eigenvalue weighted by Crippen LogP contribution is -2.52. The lowest BCUT2D eigenvalue weighted by atomic mass is 9.72. The van der Waals surface area contributed by atoms with Crippen LogP contribution in [0.4, 0.5) is 8.78 Å². The molecule has 2 aromatic carbocycles. The Kier molecular flexibility index (Phi) is 7.00. The first kappa shape index (κ1) is 25.4. The molecule has 5 rings (SSSR count). The van der Waals surface area contributed by atoms with Gasteiger partial charge in [0.1, 0.15) is 23.0 Å². The van der Waals surface area contributed by atoms with Gasteiger partial charge in [0.2, 0.25) is 5.91 Å². The second-order valence-electron chi connectivity index (χ2n) is 10.3. The van der Waals surface area contributed by atoms with Gasteiger partial charge in [-0.25, -0.2) is 8.78 Å². The molecule has 1 saturated carbocycles. The molecule has 2 aliphatic rings. The molecule has 7 nitrogen and oxygen atoms in total. The molecule has 196 valence electrons. The summed E-state index contributed by atoms with van der Waals surface area (Å²) < 4.78 is 35.6. The van der Waals surface area contributed by atoms with Crippen molar-refractivity contribution in [3.63, 3.8) is 0 Å². The second kappa shape index (κ2) is 10.2. The van der Waals surface area contributed by atoms with Crippen LogP contribution in [0.2, 0.25) is 0 Å². The quantitative estimate of drug-likeness (QED) is 0.429. The molecule has 0 radical (unpaired) electrons. The van der Waals surface area contributed by atoms with Crippen molar-refractivity contribution in [3.8, 4) is 17.0 Å². The molecule has 9 heteroatoms. The minimum absolute atomic E-state index is 0.0769. The van der Waals surface area contributed by atoms with Gasteiger partial charge < -0.3 is 20.5 Å². The molecular weight excluding hydrogens is 478 g/mol. The number of hydrogen-bond donors (Lipinski definition) is 3. The predicted molar refractivity (Wildman–Crippen MR) is 135 cm³/mol. The second-order valence-corrected chi connectivity index (χ2v) is 10.3. The summed E-state index contributed by atoms with van der Waals surface area (Å²) in [7, 11) is 1.88. The summed E-state index contributed by atoms with van der Waals surface area (Å²) in [6.07, 6.45) is 4.84. The smallest absolute Gasteiger partial charge is 0.217 e. The van der Waals surface area contributed by atoms with Crippen molar-refractivity contribution in [2.45, 2.75) is 62.8 Å². The number of aliphatic hydroxyl groups excluding tert-OH is 1. The minimum atomic E-state index is -0.988. The van der Waals surface area contributed by atoms with Crippen LogP contribution in [0.5, 0.6) is 5.75 Å². The highest BCUT2D eigenvalue weighted by Gasteiger charge is 2.45. The zero-order valence-corrected chi connectivity index (χ0v) is 21.0. The summed E-state index contributed by atoms with van der Waals surface area (Å²) in [5.74, 6) is -0.896. The van der Waals surface area contributed by atoms with Crippen LogP contribution in [-0.4, -0.2) is 45.1 Å². The number of fused-ring (bicyclic) bond motifs is 1. The lowest BCUT2D eigenvalue weighted by molar-refractivity contribution is -0.120. The topological polar surface area (TPSA) is 88.4 Å². The number of nitrogens with zero attached hydrogens (tertiary/aromatic N) is 2. The highest BCUT2D eigenvalue weighted by Crippen LogP contribution is 2.49. The number of aryl methyl sites for hydroxylation is 1. The fourth-order valence-corrected chi connectivity index (χ4v) is 5.39. The molecule has 37 heavy (non-hydrogen) atoms. The summed E-state index contributed by atoms with van der Waals surface area (Å²) in [5.41, 5.74) is 2.99. The van der Waals surface area contributed by atoms with E-state index in [9.17, 15) is 18.7 Å². The number of aliphatic hydroxyl groups is 1. The summed E-state index contributed by atoms with van der Waals surface area (Å²) in [6, 6.07) is 10.5. The minimum Gasteiger partial charge on any atom is -0.487 e. The molecule has 1 fully saturated rings. The Hall–Kier alpha value is -3.30. The molecule has 3 aromatic rings. The van der Waals surface area contributed by atoms with E-state index in [-0.39, 0.29) is 30.5 Å². The molecule has 1 aromatic heterocycles. The van der Waals surface area contributed by atoms with Gasteiger partial charge in [-0.05, 0) is 67.6 Å². The molecule has 3 N–H and O–H groups in total. The van der Waals surface area contributed by atoms with Crippen LogP contribution in [0.15, 0.2) is 48.7 Å². The van der Waals surface area contributed by atoms with Crippen molar-refractivity contribution >= 4 is 5.91 Å². The molecule has 1 spiro atoms. The van der Waals surface area contributed by atoms with Gasteiger partial charge in [0.25, 0.3) is 0 Å². The third-order valence-corrected chi connectivity index (χ3v) is 7.37. The van der Waals surface area contributed by atoms with Crippen molar-refractivity contribution < 1.29 is 23.4 Å². The van der Waals surface area contributed by atoms with Crippen LogP contribution in [0.1, 0.15) is 49.8 Å². The highest BCUT2D eigenvalue weighted by atomic mass is 19.1. The SMILES string of the molecule is CC(=O)N[C@@H](Cc1cc(F)cc(F)c1)[C@H](O)CN[C@H]1CC2(CCC2)Oc2ccc(-c3ccn(C)n3)cc21. The van der Waals surface area contributed by atoms with Crippen LogP contribution in [0, 0.1) is 11.6 Å². The van der Waals surface area contributed by atoms with Gasteiger partial charge in [-0.2, -0.15) is 5.10 Å². The van der Waals surface area contributed by atoms with E-state index in [0.717, 1.165) is 54.3 Å². The molecule has 3 atom stereocenters. The first-order valence-corrected chi connectivity index (χ1v) is 12.7. The molecule has 0 unspecified atom stereocenters. The number of halogens is 2. The van der Waals surface area contributed by atoms with E-state index in [2.05, 4.69) is 21.8 Å². The monoisotopic (exact) mass is 510 g/mol. The molecule has 2 heterocycles. The van der Waals surface area contributed by atoms with E-state index in [1.807, 2.05) is 31.4 Å². The van der Waals surface area contributed by atoms with E-state index >= 15 is 0 Å². The maximum absolute atomic E-state index is 13.7. The fourth-order valence-electron chi connectivity index (χ4n) is 5.39. The number of aromatic nitrogens is 2. The molecule has 1 amide bonds. The summed E-state index contributed by atoms with van der Waals surface area (Å²) >= 11 is 0. The van der Waals surface area contributed by atoms with Crippen molar-refractivity contribution in [2.75, 3.05) is 6.54 Å². The third-order valence-electron chi connectivity index (χ3n) is 7.37. The van der Waals surface area contributed by atoms with Gasteiger partial charge >= 0.3 is 0 Å². The van der Waals surface area contributed by atoms with Crippen molar-refractivity contribution in [2.24, 2.45) is 7.05 Å². The van der Waals surface area contributed by atoms with Crippen LogP contribution >= 0.6 is 0 Å². The van der Waals surface area contributed by atoms with Gasteiger partial charge in [-0.1, -0.05) is 0 Å². The van der Waals surface area contributed by atoms with Crippen molar-refractivity contribution in [1.82, 2.24) is 20.4 Å². The Balaban J connectivity index is 1.35. The van der Waals surface area contributed by atoms with Crippen molar-refractivity contribution in [1.29, 1.82) is 0 Å². The first-order chi connectivity index (χ1) is 17.7.